The fraction of sp³-hybridized carbons (Fsp3) is 0.500. The van der Waals surface area contributed by atoms with E-state index in [9.17, 15) is 9.59 Å². The lowest BCUT2D eigenvalue weighted by Crippen LogP contribution is -2.39. The molecule has 7 heteroatoms. The molecular weight excluding hydrogens is 272 g/mol. The Kier molecular flexibility index (Phi) is 3.19. The van der Waals surface area contributed by atoms with Gasteiger partial charge in [0.05, 0.1) is 6.20 Å². The molecule has 0 aliphatic heterocycles. The van der Waals surface area contributed by atoms with Gasteiger partial charge in [-0.25, -0.2) is 4.79 Å². The highest BCUT2D eigenvalue weighted by molar-refractivity contribution is 5.74. The van der Waals surface area contributed by atoms with Crippen LogP contribution >= 0.6 is 0 Å². The lowest BCUT2D eigenvalue weighted by Gasteiger charge is -2.07. The van der Waals surface area contributed by atoms with Crippen LogP contribution in [0.5, 0.6) is 0 Å². The van der Waals surface area contributed by atoms with E-state index in [-0.39, 0.29) is 11.2 Å². The summed E-state index contributed by atoms with van der Waals surface area (Å²) in [7, 11) is 1.62. The number of hydrogen-bond acceptors (Lipinski definition) is 4. The largest absolute Gasteiger partial charge is 0.428 e. The van der Waals surface area contributed by atoms with E-state index in [1.54, 1.807) is 24.6 Å². The highest BCUT2D eigenvalue weighted by Gasteiger charge is 2.18. The highest BCUT2D eigenvalue weighted by atomic mass is 16.4. The third kappa shape index (κ3) is 2.00. The van der Waals surface area contributed by atoms with Crippen molar-refractivity contribution in [3.63, 3.8) is 0 Å². The molecule has 0 spiro atoms. The van der Waals surface area contributed by atoms with Crippen LogP contribution in [0.4, 0.5) is 0 Å². The Morgan fingerprint density at radius 2 is 2.05 bits per heavy atom. The summed E-state index contributed by atoms with van der Waals surface area (Å²) in [6.07, 6.45) is 4.55. The Morgan fingerprint density at radius 3 is 2.76 bits per heavy atom. The molecule has 3 aromatic heterocycles. The number of imidazole rings is 1. The van der Waals surface area contributed by atoms with Crippen LogP contribution in [0.3, 0.4) is 0 Å². The summed E-state index contributed by atoms with van der Waals surface area (Å²) >= 11 is 0. The normalized spacial score (nSPS) is 11.8. The lowest BCUT2D eigenvalue weighted by atomic mass is 10.2. The monoisotopic (exact) mass is 290 g/mol. The molecule has 0 bridgehead atoms. The average Bonchev–Trinajstić information content (AvgIpc) is 2.96. The number of unbranched alkanes of at least 4 members (excludes halogenated alkanes) is 2. The van der Waals surface area contributed by atoms with E-state index >= 15 is 0 Å². The SMILES string of the molecule is CCCCCn1c(=O)c2c(nc3oc(C)cn32)n(C)c1=O. The van der Waals surface area contributed by atoms with Crippen LogP contribution in [0.2, 0.25) is 0 Å². The van der Waals surface area contributed by atoms with Gasteiger partial charge in [0.15, 0.2) is 11.2 Å². The molecule has 0 saturated heterocycles. The smallest absolute Gasteiger partial charge is 0.332 e. The van der Waals surface area contributed by atoms with Crippen molar-refractivity contribution in [1.82, 2.24) is 18.5 Å². The summed E-state index contributed by atoms with van der Waals surface area (Å²) in [5.41, 5.74) is 0.106. The number of aromatic nitrogens is 4. The third-order valence-electron chi connectivity index (χ3n) is 3.69. The summed E-state index contributed by atoms with van der Waals surface area (Å²) in [4.78, 5) is 29.2. The van der Waals surface area contributed by atoms with Crippen molar-refractivity contribution in [2.24, 2.45) is 7.05 Å². The molecule has 0 unspecified atom stereocenters. The molecule has 0 N–H and O–H groups in total. The molecule has 0 radical (unpaired) electrons. The fourth-order valence-corrected chi connectivity index (χ4v) is 2.58. The number of rotatable bonds is 4. The molecule has 3 rings (SSSR count). The summed E-state index contributed by atoms with van der Waals surface area (Å²) in [6, 6.07) is 0. The average molecular weight is 290 g/mol. The van der Waals surface area contributed by atoms with Gasteiger partial charge in [0.1, 0.15) is 5.76 Å². The molecule has 0 aromatic carbocycles. The maximum Gasteiger partial charge on any atom is 0.332 e. The maximum absolute atomic E-state index is 12.6. The summed E-state index contributed by atoms with van der Waals surface area (Å²) < 4.78 is 9.73. The second kappa shape index (κ2) is 4.91. The van der Waals surface area contributed by atoms with Crippen molar-refractivity contribution < 1.29 is 4.42 Å². The van der Waals surface area contributed by atoms with Crippen LogP contribution in [0.1, 0.15) is 31.9 Å². The van der Waals surface area contributed by atoms with Crippen LogP contribution in [-0.2, 0) is 13.6 Å². The topological polar surface area (TPSA) is 74.4 Å². The molecule has 0 aliphatic rings. The summed E-state index contributed by atoms with van der Waals surface area (Å²) in [6.45, 7) is 4.31. The van der Waals surface area contributed by atoms with Crippen molar-refractivity contribution >= 4 is 17.0 Å². The van der Waals surface area contributed by atoms with Gasteiger partial charge in [0, 0.05) is 13.6 Å². The van der Waals surface area contributed by atoms with E-state index in [2.05, 4.69) is 11.9 Å². The van der Waals surface area contributed by atoms with E-state index in [1.807, 2.05) is 0 Å². The molecule has 3 aromatic rings. The number of nitrogens with zero attached hydrogens (tertiary/aromatic N) is 4. The van der Waals surface area contributed by atoms with Gasteiger partial charge in [-0.15, -0.1) is 0 Å². The van der Waals surface area contributed by atoms with Gasteiger partial charge in [-0.1, -0.05) is 19.8 Å². The molecule has 0 atom stereocenters. The third-order valence-corrected chi connectivity index (χ3v) is 3.69. The zero-order valence-electron chi connectivity index (χ0n) is 12.4. The first-order valence-corrected chi connectivity index (χ1v) is 7.12. The molecule has 3 heterocycles. The Bertz CT molecular complexity index is 926. The number of hydrogen-bond donors (Lipinski definition) is 0. The van der Waals surface area contributed by atoms with Crippen LogP contribution in [-0.4, -0.2) is 18.5 Å². The van der Waals surface area contributed by atoms with Gasteiger partial charge in [-0.2, -0.15) is 4.98 Å². The second-order valence-corrected chi connectivity index (χ2v) is 5.28. The van der Waals surface area contributed by atoms with Crippen LogP contribution in [0.25, 0.3) is 17.0 Å². The van der Waals surface area contributed by atoms with Gasteiger partial charge < -0.3 is 4.42 Å². The Balaban J connectivity index is 2.30. The maximum atomic E-state index is 12.6. The quantitative estimate of drug-likeness (QED) is 0.681. The predicted octanol–water partition coefficient (Wildman–Crippen LogP) is 1.44. The Labute approximate surface area is 120 Å². The first-order chi connectivity index (χ1) is 10.0. The standard InChI is InChI=1S/C14H18N4O3/c1-4-5-6-7-17-12(19)10-11(16(3)14(17)20)15-13-18(10)8-9(2)21-13/h8H,4-7H2,1-3H3. The molecule has 0 saturated carbocycles. The van der Waals surface area contributed by atoms with Gasteiger partial charge in [0.25, 0.3) is 5.56 Å². The molecule has 21 heavy (non-hydrogen) atoms. The molecule has 0 aliphatic carbocycles. The predicted molar refractivity (Wildman–Crippen MR) is 78.7 cm³/mol. The number of fused-ring (bicyclic) bond motifs is 3. The fourth-order valence-electron chi connectivity index (χ4n) is 2.58. The minimum absolute atomic E-state index is 0.308. The highest BCUT2D eigenvalue weighted by Crippen LogP contribution is 2.14. The van der Waals surface area contributed by atoms with E-state index < -0.39 is 0 Å². The van der Waals surface area contributed by atoms with Crippen molar-refractivity contribution in [3.05, 3.63) is 32.8 Å². The first-order valence-electron chi connectivity index (χ1n) is 7.12. The van der Waals surface area contributed by atoms with E-state index in [4.69, 9.17) is 4.42 Å². The minimum Gasteiger partial charge on any atom is -0.428 e. The van der Waals surface area contributed by atoms with Crippen molar-refractivity contribution in [2.45, 2.75) is 39.7 Å². The summed E-state index contributed by atoms with van der Waals surface area (Å²) in [5.74, 6) is 1.01. The van der Waals surface area contributed by atoms with Crippen molar-refractivity contribution in [2.75, 3.05) is 0 Å². The van der Waals surface area contributed by atoms with Gasteiger partial charge in [-0.3, -0.25) is 18.3 Å². The number of aryl methyl sites for hydroxylation is 2. The van der Waals surface area contributed by atoms with Gasteiger partial charge >= 0.3 is 11.5 Å². The Morgan fingerprint density at radius 1 is 1.29 bits per heavy atom. The number of oxazole rings is 1. The van der Waals surface area contributed by atoms with Crippen molar-refractivity contribution in [1.29, 1.82) is 0 Å². The van der Waals surface area contributed by atoms with E-state index in [0.717, 1.165) is 19.3 Å². The minimum atomic E-state index is -0.332. The van der Waals surface area contributed by atoms with Crippen LogP contribution < -0.4 is 11.2 Å². The first kappa shape index (κ1) is 13.7. The molecule has 112 valence electrons. The van der Waals surface area contributed by atoms with E-state index in [1.165, 1.54) is 9.13 Å². The Hall–Kier alpha value is -2.31. The molecule has 0 fully saturated rings. The van der Waals surface area contributed by atoms with Crippen molar-refractivity contribution in [3.8, 4) is 0 Å². The van der Waals surface area contributed by atoms with Gasteiger partial charge in [0.2, 0.25) is 0 Å². The molecule has 0 amide bonds. The van der Waals surface area contributed by atoms with E-state index in [0.29, 0.717) is 29.3 Å². The lowest BCUT2D eigenvalue weighted by molar-refractivity contribution is 0.549. The van der Waals surface area contributed by atoms with Crippen LogP contribution in [0.15, 0.2) is 20.2 Å². The second-order valence-electron chi connectivity index (χ2n) is 5.28. The molecular formula is C14H18N4O3. The van der Waals surface area contributed by atoms with Gasteiger partial charge in [-0.05, 0) is 13.3 Å². The summed E-state index contributed by atoms with van der Waals surface area (Å²) in [5, 5.41) is 0. The zero-order valence-corrected chi connectivity index (χ0v) is 12.4. The zero-order chi connectivity index (χ0) is 15.1. The van der Waals surface area contributed by atoms with Crippen LogP contribution in [0, 0.1) is 6.92 Å². The molecule has 7 nitrogen and oxygen atoms in total.